The van der Waals surface area contributed by atoms with E-state index in [1.165, 1.54) is 0 Å². The van der Waals surface area contributed by atoms with Crippen molar-refractivity contribution < 1.29 is 38.2 Å². The zero-order chi connectivity index (χ0) is 33.6. The van der Waals surface area contributed by atoms with Crippen LogP contribution in [0.3, 0.4) is 0 Å². The maximum atomic E-state index is 12.5. The average molecular weight is 632 g/mol. The van der Waals surface area contributed by atoms with E-state index in [-0.39, 0.29) is 49.1 Å². The molecule has 0 heterocycles. The molecule has 0 radical (unpaired) electrons. The second kappa shape index (κ2) is 28.5. The molecule has 0 aliphatic carbocycles. The molecule has 8 nitrogen and oxygen atoms in total. The number of carboxylic acid groups (broad SMARTS) is 1. The van der Waals surface area contributed by atoms with Gasteiger partial charge in [-0.3, -0.25) is 9.59 Å². The van der Waals surface area contributed by atoms with Crippen molar-refractivity contribution in [2.75, 3.05) is 41.0 Å². The van der Waals surface area contributed by atoms with Gasteiger partial charge in [0, 0.05) is 19.3 Å². The first kappa shape index (κ1) is 42.0. The molecule has 0 amide bonds. The summed E-state index contributed by atoms with van der Waals surface area (Å²) in [5.41, 5.74) is 0. The van der Waals surface area contributed by atoms with E-state index in [1.807, 2.05) is 6.92 Å². The highest BCUT2D eigenvalue weighted by molar-refractivity contribution is 5.70. The number of nitrogens with zero attached hydrogens (tertiary/aromatic N) is 1. The van der Waals surface area contributed by atoms with Gasteiger partial charge in [0.2, 0.25) is 0 Å². The van der Waals surface area contributed by atoms with Crippen LogP contribution in [0.2, 0.25) is 0 Å². The average Bonchev–Trinajstić information content (AvgIpc) is 2.98. The van der Waals surface area contributed by atoms with Gasteiger partial charge in [0.05, 0.1) is 40.3 Å². The first-order valence-electron chi connectivity index (χ1n) is 16.8. The molecule has 0 N–H and O–H groups in total. The molecule has 2 unspecified atom stereocenters. The number of quaternary nitrogens is 1. The van der Waals surface area contributed by atoms with Crippen molar-refractivity contribution in [1.29, 1.82) is 0 Å². The summed E-state index contributed by atoms with van der Waals surface area (Å²) >= 11 is 0. The van der Waals surface area contributed by atoms with E-state index in [9.17, 15) is 19.5 Å². The number of hydrogen-bond donors (Lipinski definition) is 0. The SMILES string of the molecule is CC/C=C\C/C=C\C/C=C\C/C=C\C/C=C\CCCCCC(=O)OC(COCCC(C(=O)[O-])[N+](C)(C)C)COC(=O)CCCC. The molecule has 0 aromatic rings. The standard InChI is InChI=1S/C37H61NO7/c1-6-8-10-11-12-13-14-15-16-17-18-19-20-21-22-23-24-25-26-28-36(40)45-33(32-44-35(39)27-9-7-2)31-43-30-29-34(37(41)42)38(3,4)5/h8,10,12-13,15-16,18-19,21-22,33-34H,6-7,9,11,14,17,20,23-32H2,1-5H3/b10-8-,13-12-,16-15-,19-18-,22-21-. The largest absolute Gasteiger partial charge is 0.544 e. The summed E-state index contributed by atoms with van der Waals surface area (Å²) in [5, 5.41) is 11.5. The molecule has 0 saturated heterocycles. The molecule has 0 bridgehead atoms. The zero-order valence-electron chi connectivity index (χ0n) is 28.8. The first-order valence-corrected chi connectivity index (χ1v) is 16.8. The lowest BCUT2D eigenvalue weighted by Crippen LogP contribution is -2.55. The highest BCUT2D eigenvalue weighted by Gasteiger charge is 2.25. The molecule has 0 aliphatic rings. The van der Waals surface area contributed by atoms with Gasteiger partial charge in [-0.05, 0) is 57.8 Å². The molecule has 0 fully saturated rings. The smallest absolute Gasteiger partial charge is 0.306 e. The number of esters is 2. The van der Waals surface area contributed by atoms with Crippen LogP contribution in [-0.4, -0.2) is 75.5 Å². The minimum Gasteiger partial charge on any atom is -0.544 e. The molecule has 0 saturated carbocycles. The zero-order valence-corrected chi connectivity index (χ0v) is 28.8. The van der Waals surface area contributed by atoms with Gasteiger partial charge in [-0.1, -0.05) is 87.4 Å². The fourth-order valence-electron chi connectivity index (χ4n) is 4.25. The van der Waals surface area contributed by atoms with Gasteiger partial charge in [0.15, 0.2) is 6.10 Å². The Labute approximate surface area is 273 Å². The van der Waals surface area contributed by atoms with E-state index in [1.54, 1.807) is 21.1 Å². The lowest BCUT2D eigenvalue weighted by molar-refractivity contribution is -0.889. The Morgan fingerprint density at radius 3 is 1.78 bits per heavy atom. The van der Waals surface area contributed by atoms with E-state index in [4.69, 9.17) is 14.2 Å². The maximum Gasteiger partial charge on any atom is 0.306 e. The van der Waals surface area contributed by atoms with Crippen LogP contribution in [0.25, 0.3) is 0 Å². The summed E-state index contributed by atoms with van der Waals surface area (Å²) in [4.78, 5) is 35.9. The highest BCUT2D eigenvalue weighted by Crippen LogP contribution is 2.10. The van der Waals surface area contributed by atoms with Crippen molar-refractivity contribution in [3.63, 3.8) is 0 Å². The number of allylic oxidation sites excluding steroid dienone is 10. The molecule has 0 rings (SSSR count). The van der Waals surface area contributed by atoms with Crippen LogP contribution in [-0.2, 0) is 28.6 Å². The van der Waals surface area contributed by atoms with Gasteiger partial charge in [0.1, 0.15) is 12.6 Å². The van der Waals surface area contributed by atoms with E-state index in [2.05, 4.69) is 67.7 Å². The number of carboxylic acids is 1. The number of rotatable bonds is 28. The number of hydrogen-bond acceptors (Lipinski definition) is 7. The van der Waals surface area contributed by atoms with Crippen molar-refractivity contribution in [2.45, 2.75) is 116 Å². The first-order chi connectivity index (χ1) is 21.6. The van der Waals surface area contributed by atoms with E-state index in [0.29, 0.717) is 12.8 Å². The van der Waals surface area contributed by atoms with Crippen molar-refractivity contribution in [3.05, 3.63) is 60.8 Å². The van der Waals surface area contributed by atoms with Crippen molar-refractivity contribution >= 4 is 17.9 Å². The Hall–Kier alpha value is -2.97. The molecule has 0 aromatic carbocycles. The number of carbonyl (C=O) groups is 3. The number of aliphatic carboxylic acids is 1. The molecule has 0 aliphatic heterocycles. The summed E-state index contributed by atoms with van der Waals surface area (Å²) in [6.45, 7) is 4.22. The Kier molecular flexibility index (Phi) is 26.6. The summed E-state index contributed by atoms with van der Waals surface area (Å²) in [6.07, 6.45) is 32.1. The van der Waals surface area contributed by atoms with Crippen molar-refractivity contribution in [1.82, 2.24) is 0 Å². The molecule has 8 heteroatoms. The van der Waals surface area contributed by atoms with Gasteiger partial charge in [-0.2, -0.15) is 0 Å². The topological polar surface area (TPSA) is 102 Å². The van der Waals surface area contributed by atoms with Gasteiger partial charge >= 0.3 is 11.9 Å². The second-order valence-electron chi connectivity index (χ2n) is 12.0. The van der Waals surface area contributed by atoms with E-state index < -0.39 is 18.1 Å². The fraction of sp³-hybridized carbons (Fsp3) is 0.649. The van der Waals surface area contributed by atoms with Crippen LogP contribution in [0.1, 0.15) is 104 Å². The summed E-state index contributed by atoms with van der Waals surface area (Å²) in [7, 11) is 5.35. The van der Waals surface area contributed by atoms with Crippen LogP contribution >= 0.6 is 0 Å². The van der Waals surface area contributed by atoms with Crippen LogP contribution in [0.15, 0.2) is 60.8 Å². The quantitative estimate of drug-likeness (QED) is 0.0417. The van der Waals surface area contributed by atoms with E-state index in [0.717, 1.165) is 64.2 Å². The molecule has 256 valence electrons. The summed E-state index contributed by atoms with van der Waals surface area (Å²) in [5.74, 6) is -1.84. The predicted octanol–water partition coefficient (Wildman–Crippen LogP) is 6.56. The number of unbranched alkanes of at least 4 members (excludes halogenated alkanes) is 4. The minimum atomic E-state index is -1.14. The minimum absolute atomic E-state index is 0.0216. The fourth-order valence-corrected chi connectivity index (χ4v) is 4.25. The number of ether oxygens (including phenoxy) is 3. The van der Waals surface area contributed by atoms with Crippen LogP contribution in [0.4, 0.5) is 0 Å². The van der Waals surface area contributed by atoms with Gasteiger partial charge < -0.3 is 28.6 Å². The Balaban J connectivity index is 4.29. The second-order valence-corrected chi connectivity index (χ2v) is 12.0. The van der Waals surface area contributed by atoms with Gasteiger partial charge in [-0.25, -0.2) is 0 Å². The van der Waals surface area contributed by atoms with Crippen LogP contribution in [0, 0.1) is 0 Å². The Morgan fingerprint density at radius 2 is 1.24 bits per heavy atom. The van der Waals surface area contributed by atoms with Crippen LogP contribution in [0.5, 0.6) is 0 Å². The predicted molar refractivity (Wildman–Crippen MR) is 180 cm³/mol. The molecule has 0 aromatic heterocycles. The Morgan fingerprint density at radius 1 is 0.689 bits per heavy atom. The van der Waals surface area contributed by atoms with Gasteiger partial charge in [0.25, 0.3) is 0 Å². The van der Waals surface area contributed by atoms with Gasteiger partial charge in [-0.15, -0.1) is 0 Å². The lowest BCUT2D eigenvalue weighted by atomic mass is 10.1. The third-order valence-corrected chi connectivity index (χ3v) is 6.92. The van der Waals surface area contributed by atoms with Crippen molar-refractivity contribution in [3.8, 4) is 0 Å². The molecule has 2 atom stereocenters. The van der Waals surface area contributed by atoms with Crippen LogP contribution < -0.4 is 5.11 Å². The third-order valence-electron chi connectivity index (χ3n) is 6.92. The van der Waals surface area contributed by atoms with E-state index >= 15 is 0 Å². The number of likely N-dealkylation sites (N-methyl/N-ethyl adjacent to an activating group) is 1. The Bertz CT molecular complexity index is 928. The molecular weight excluding hydrogens is 570 g/mol. The number of carbonyl (C=O) groups excluding carboxylic acids is 3. The molecule has 0 spiro atoms. The summed E-state index contributed by atoms with van der Waals surface area (Å²) in [6, 6.07) is -0.729. The lowest BCUT2D eigenvalue weighted by Gasteiger charge is -2.34. The monoisotopic (exact) mass is 631 g/mol. The highest BCUT2D eigenvalue weighted by atomic mass is 16.6. The molecule has 45 heavy (non-hydrogen) atoms. The maximum absolute atomic E-state index is 12.5. The van der Waals surface area contributed by atoms with Crippen molar-refractivity contribution in [2.24, 2.45) is 0 Å². The summed E-state index contributed by atoms with van der Waals surface area (Å²) < 4.78 is 16.7. The molecular formula is C37H61NO7. The third kappa shape index (κ3) is 27.1. The normalized spacial score (nSPS) is 13.9.